The van der Waals surface area contributed by atoms with Crippen LogP contribution in [0.1, 0.15) is 15.9 Å². The highest BCUT2D eigenvalue weighted by molar-refractivity contribution is 6.34. The topological polar surface area (TPSA) is 29.1 Å². The van der Waals surface area contributed by atoms with Crippen molar-refractivity contribution in [2.45, 2.75) is 6.67 Å². The van der Waals surface area contributed by atoms with Gasteiger partial charge in [-0.15, -0.1) is 0 Å². The molecule has 0 spiro atoms. The number of rotatable bonds is 4. The molecule has 1 rings (SSSR count). The number of carbonyl (C=O) groups is 1. The van der Waals surface area contributed by atoms with Gasteiger partial charge in [0, 0.05) is 5.56 Å². The molecule has 4 heteroatoms. The first-order valence-corrected chi connectivity index (χ1v) is 4.59. The Bertz CT molecular complexity index is 341. The summed E-state index contributed by atoms with van der Waals surface area (Å²) >= 11 is 5.82. The lowest BCUT2D eigenvalue weighted by molar-refractivity contribution is 0.0993. The molecular weight excluding hydrogens is 205 g/mol. The summed E-state index contributed by atoms with van der Waals surface area (Å²) in [7, 11) is 1.68. The third-order valence-electron chi connectivity index (χ3n) is 1.83. The van der Waals surface area contributed by atoms with Crippen molar-refractivity contribution in [1.82, 2.24) is 5.32 Å². The molecule has 0 radical (unpaired) electrons. The van der Waals surface area contributed by atoms with Crippen molar-refractivity contribution in [2.75, 3.05) is 13.6 Å². The van der Waals surface area contributed by atoms with Gasteiger partial charge in [-0.3, -0.25) is 4.79 Å². The number of halogens is 2. The molecule has 0 bridgehead atoms. The van der Waals surface area contributed by atoms with Gasteiger partial charge in [-0.25, -0.2) is 4.39 Å². The highest BCUT2D eigenvalue weighted by atomic mass is 35.5. The van der Waals surface area contributed by atoms with Crippen molar-refractivity contribution >= 4 is 17.4 Å². The third-order valence-corrected chi connectivity index (χ3v) is 2.14. The number of hydrogen-bond donors (Lipinski definition) is 1. The Balaban J connectivity index is 2.94. The summed E-state index contributed by atoms with van der Waals surface area (Å²) in [5, 5.41) is 3.05. The van der Waals surface area contributed by atoms with E-state index in [0.29, 0.717) is 16.1 Å². The van der Waals surface area contributed by atoms with Crippen LogP contribution in [0.4, 0.5) is 4.39 Å². The number of ketones is 1. The molecule has 0 aliphatic carbocycles. The normalized spacial score (nSPS) is 10.2. The van der Waals surface area contributed by atoms with Gasteiger partial charge in [0.15, 0.2) is 5.78 Å². The Hall–Kier alpha value is -0.930. The number of carbonyl (C=O) groups excluding carboxylic acids is 1. The van der Waals surface area contributed by atoms with Crippen molar-refractivity contribution in [3.05, 3.63) is 34.3 Å². The van der Waals surface area contributed by atoms with E-state index in [-0.39, 0.29) is 12.3 Å². The van der Waals surface area contributed by atoms with Crippen LogP contribution in [0.2, 0.25) is 5.02 Å². The maximum Gasteiger partial charge on any atom is 0.178 e. The molecule has 1 N–H and O–H groups in total. The second kappa shape index (κ2) is 5.08. The van der Waals surface area contributed by atoms with Crippen LogP contribution in [0.15, 0.2) is 18.2 Å². The molecule has 0 unspecified atom stereocenters. The first kappa shape index (κ1) is 11.1. The highest BCUT2D eigenvalue weighted by Crippen LogP contribution is 2.18. The van der Waals surface area contributed by atoms with Gasteiger partial charge in [-0.1, -0.05) is 17.7 Å². The lowest BCUT2D eigenvalue weighted by atomic mass is 10.1. The van der Waals surface area contributed by atoms with Gasteiger partial charge < -0.3 is 5.32 Å². The number of nitrogens with one attached hydrogen (secondary N) is 1. The van der Waals surface area contributed by atoms with Crippen molar-refractivity contribution in [2.24, 2.45) is 0 Å². The van der Waals surface area contributed by atoms with Gasteiger partial charge in [-0.2, -0.15) is 0 Å². The zero-order valence-electron chi connectivity index (χ0n) is 7.81. The van der Waals surface area contributed by atoms with E-state index >= 15 is 0 Å². The summed E-state index contributed by atoms with van der Waals surface area (Å²) in [6, 6.07) is 4.59. The number of benzene rings is 1. The molecule has 76 valence electrons. The molecule has 0 aromatic heterocycles. The molecule has 0 saturated carbocycles. The molecule has 0 aliphatic rings. The molecule has 0 saturated heterocycles. The molecule has 2 nitrogen and oxygen atoms in total. The maximum atomic E-state index is 12.2. The number of Topliss-reactive ketones (excluding diaryl/α,β-unsaturated/α-hetero) is 1. The number of alkyl halides is 1. The summed E-state index contributed by atoms with van der Waals surface area (Å²) in [6.07, 6.45) is 0. The Kier molecular flexibility index (Phi) is 4.04. The van der Waals surface area contributed by atoms with Gasteiger partial charge >= 0.3 is 0 Å². The molecule has 0 heterocycles. The summed E-state index contributed by atoms with van der Waals surface area (Å²) in [6.45, 7) is -0.338. The number of likely N-dealkylation sites (N-methyl/N-ethyl adjacent to an activating group) is 1. The Morgan fingerprint density at radius 1 is 1.57 bits per heavy atom. The maximum absolute atomic E-state index is 12.2. The predicted octanol–water partition coefficient (Wildman–Crippen LogP) is 2.21. The minimum atomic E-state index is -0.569. The lowest BCUT2D eigenvalue weighted by Gasteiger charge is -2.04. The van der Waals surface area contributed by atoms with Gasteiger partial charge in [-0.05, 0) is 24.7 Å². The van der Waals surface area contributed by atoms with E-state index in [9.17, 15) is 9.18 Å². The van der Waals surface area contributed by atoms with Crippen LogP contribution in [0.5, 0.6) is 0 Å². The minimum Gasteiger partial charge on any atom is -0.313 e. The van der Waals surface area contributed by atoms with E-state index in [0.717, 1.165) is 0 Å². The molecule has 14 heavy (non-hydrogen) atoms. The summed E-state index contributed by atoms with van der Waals surface area (Å²) in [5.74, 6) is -0.0945. The predicted molar refractivity (Wildman–Crippen MR) is 54.5 cm³/mol. The Morgan fingerprint density at radius 3 is 2.79 bits per heavy atom. The molecule has 1 aromatic carbocycles. The fourth-order valence-electron chi connectivity index (χ4n) is 1.12. The average molecular weight is 216 g/mol. The molecule has 0 fully saturated rings. The molecule has 0 amide bonds. The second-order valence-corrected chi connectivity index (χ2v) is 3.31. The average Bonchev–Trinajstić information content (AvgIpc) is 2.17. The summed E-state index contributed by atoms with van der Waals surface area (Å²) in [4.78, 5) is 11.4. The standard InChI is InChI=1S/C10H11ClFNO/c1-13-6-10(14)8-3-2-7(5-12)4-9(8)11/h2-4,13H,5-6H2,1H3. The van der Waals surface area contributed by atoms with E-state index in [4.69, 9.17) is 11.6 Å². The fraction of sp³-hybridized carbons (Fsp3) is 0.300. The highest BCUT2D eigenvalue weighted by Gasteiger charge is 2.09. The van der Waals surface area contributed by atoms with Crippen LogP contribution < -0.4 is 5.32 Å². The van der Waals surface area contributed by atoms with Crippen LogP contribution >= 0.6 is 11.6 Å². The van der Waals surface area contributed by atoms with E-state index < -0.39 is 6.67 Å². The largest absolute Gasteiger partial charge is 0.313 e. The van der Waals surface area contributed by atoms with Crippen LogP contribution in [0, 0.1) is 0 Å². The van der Waals surface area contributed by atoms with Crippen molar-refractivity contribution in [3.8, 4) is 0 Å². The fourth-order valence-corrected chi connectivity index (χ4v) is 1.43. The van der Waals surface area contributed by atoms with E-state index in [2.05, 4.69) is 5.32 Å². The second-order valence-electron chi connectivity index (χ2n) is 2.90. The quantitative estimate of drug-likeness (QED) is 0.781. The summed E-state index contributed by atoms with van der Waals surface area (Å²) in [5.41, 5.74) is 0.911. The zero-order valence-corrected chi connectivity index (χ0v) is 8.57. The molecule has 0 aliphatic heterocycles. The van der Waals surface area contributed by atoms with Crippen LogP contribution in [-0.4, -0.2) is 19.4 Å². The van der Waals surface area contributed by atoms with E-state index in [1.165, 1.54) is 6.07 Å². The van der Waals surface area contributed by atoms with Crippen LogP contribution in [0.3, 0.4) is 0 Å². The van der Waals surface area contributed by atoms with Gasteiger partial charge in [0.05, 0.1) is 11.6 Å². The SMILES string of the molecule is CNCC(=O)c1ccc(CF)cc1Cl. The Morgan fingerprint density at radius 2 is 2.29 bits per heavy atom. The van der Waals surface area contributed by atoms with Crippen molar-refractivity contribution < 1.29 is 9.18 Å². The van der Waals surface area contributed by atoms with Crippen molar-refractivity contribution in [1.29, 1.82) is 0 Å². The lowest BCUT2D eigenvalue weighted by Crippen LogP contribution is -2.18. The monoisotopic (exact) mass is 215 g/mol. The summed E-state index contributed by atoms with van der Waals surface area (Å²) < 4.78 is 12.2. The van der Waals surface area contributed by atoms with Gasteiger partial charge in [0.25, 0.3) is 0 Å². The minimum absolute atomic E-state index is 0.0945. The third kappa shape index (κ3) is 2.53. The van der Waals surface area contributed by atoms with E-state index in [1.807, 2.05) is 0 Å². The molecule has 0 atom stereocenters. The van der Waals surface area contributed by atoms with E-state index in [1.54, 1.807) is 19.2 Å². The smallest absolute Gasteiger partial charge is 0.178 e. The molecular formula is C10H11ClFNO. The first-order chi connectivity index (χ1) is 6.69. The van der Waals surface area contributed by atoms with Crippen LogP contribution in [0.25, 0.3) is 0 Å². The van der Waals surface area contributed by atoms with Crippen LogP contribution in [-0.2, 0) is 6.67 Å². The molecule has 1 aromatic rings. The van der Waals surface area contributed by atoms with Crippen molar-refractivity contribution in [3.63, 3.8) is 0 Å². The zero-order chi connectivity index (χ0) is 10.6. The number of hydrogen-bond acceptors (Lipinski definition) is 2. The van der Waals surface area contributed by atoms with Gasteiger partial charge in [0.1, 0.15) is 6.67 Å². The first-order valence-electron chi connectivity index (χ1n) is 4.21. The Labute approximate surface area is 87.1 Å². The van der Waals surface area contributed by atoms with Gasteiger partial charge in [0.2, 0.25) is 0 Å².